The number of anilines is 1. The fourth-order valence-corrected chi connectivity index (χ4v) is 3.94. The van der Waals surface area contributed by atoms with E-state index in [-0.39, 0.29) is 28.0 Å². The van der Waals surface area contributed by atoms with E-state index in [0.717, 1.165) is 29.2 Å². The fraction of sp³-hybridized carbons (Fsp3) is 0.115. The molecule has 184 valence electrons. The molecular weight excluding hydrogens is 479 g/mol. The molecular formula is C26H18F3NO6. The number of carbonyl (C=O) groups excluding carboxylic acids is 2. The summed E-state index contributed by atoms with van der Waals surface area (Å²) in [7, 11) is 1.44. The highest BCUT2D eigenvalue weighted by Crippen LogP contribution is 2.42. The number of alkyl halides is 3. The number of ether oxygens (including phenoxy) is 1. The largest absolute Gasteiger partial charge is 0.503 e. The standard InChI is InChI=1S/C26H18F3NO6/c1-36-19-12-6-15(7-13-19)22(31)20-21(14-2-4-16(5-3-14)25(34)35)30(24(33)23(20)32)18-10-8-17(9-11-18)26(27,28)29/h2-13,21,32H,1H3,(H,34,35). The van der Waals surface area contributed by atoms with Gasteiger partial charge in [0.25, 0.3) is 5.91 Å². The number of hydrogen-bond acceptors (Lipinski definition) is 5. The molecule has 0 spiro atoms. The van der Waals surface area contributed by atoms with Crippen LogP contribution in [-0.2, 0) is 11.0 Å². The number of halogens is 3. The quantitative estimate of drug-likeness (QED) is 0.454. The van der Waals surface area contributed by atoms with Crippen LogP contribution in [0.15, 0.2) is 84.1 Å². The van der Waals surface area contributed by atoms with Crippen LogP contribution >= 0.6 is 0 Å². The Kier molecular flexibility index (Phi) is 6.28. The number of aromatic carboxylic acids is 1. The van der Waals surface area contributed by atoms with E-state index in [9.17, 15) is 37.8 Å². The molecule has 0 radical (unpaired) electrons. The predicted molar refractivity (Wildman–Crippen MR) is 122 cm³/mol. The molecule has 1 atom stereocenters. The van der Waals surface area contributed by atoms with Crippen molar-refractivity contribution >= 4 is 23.3 Å². The number of carboxylic acids is 1. The van der Waals surface area contributed by atoms with Crippen LogP contribution in [0.4, 0.5) is 18.9 Å². The van der Waals surface area contributed by atoms with E-state index in [0.29, 0.717) is 5.75 Å². The van der Waals surface area contributed by atoms with E-state index in [1.165, 1.54) is 55.6 Å². The fourth-order valence-electron chi connectivity index (χ4n) is 3.94. The summed E-state index contributed by atoms with van der Waals surface area (Å²) in [6, 6.07) is 13.7. The lowest BCUT2D eigenvalue weighted by molar-refractivity contribution is -0.137. The number of aliphatic hydroxyl groups is 1. The molecule has 0 aliphatic carbocycles. The number of Topliss-reactive ketones (excluding diaryl/α,β-unsaturated/α-hetero) is 1. The Hall–Kier alpha value is -4.60. The van der Waals surface area contributed by atoms with Crippen LogP contribution in [0, 0.1) is 0 Å². The molecule has 1 unspecified atom stereocenters. The summed E-state index contributed by atoms with van der Waals surface area (Å²) in [5, 5.41) is 20.0. The molecule has 1 amide bonds. The van der Waals surface area contributed by atoms with Gasteiger partial charge in [-0.1, -0.05) is 12.1 Å². The first-order valence-electron chi connectivity index (χ1n) is 10.5. The minimum absolute atomic E-state index is 0.00407. The summed E-state index contributed by atoms with van der Waals surface area (Å²) in [6.45, 7) is 0. The van der Waals surface area contributed by atoms with Crippen molar-refractivity contribution in [3.8, 4) is 5.75 Å². The molecule has 0 bridgehead atoms. The van der Waals surface area contributed by atoms with Crippen molar-refractivity contribution in [3.63, 3.8) is 0 Å². The Bertz CT molecular complexity index is 1360. The SMILES string of the molecule is COc1ccc(C(=O)C2=C(O)C(=O)N(c3ccc(C(F)(F)F)cc3)C2c2ccc(C(=O)O)cc2)cc1. The van der Waals surface area contributed by atoms with Crippen molar-refractivity contribution in [1.82, 2.24) is 0 Å². The van der Waals surface area contributed by atoms with Gasteiger partial charge in [-0.05, 0) is 66.2 Å². The molecule has 4 rings (SSSR count). The van der Waals surface area contributed by atoms with Crippen molar-refractivity contribution in [2.75, 3.05) is 12.0 Å². The van der Waals surface area contributed by atoms with Gasteiger partial charge in [-0.2, -0.15) is 13.2 Å². The molecule has 1 aliphatic heterocycles. The van der Waals surface area contributed by atoms with E-state index < -0.39 is 41.2 Å². The van der Waals surface area contributed by atoms with E-state index in [2.05, 4.69) is 0 Å². The molecule has 1 aliphatic rings. The van der Waals surface area contributed by atoms with Gasteiger partial charge >= 0.3 is 12.1 Å². The van der Waals surface area contributed by atoms with Crippen LogP contribution in [0.2, 0.25) is 0 Å². The van der Waals surface area contributed by atoms with Crippen molar-refractivity contribution in [3.05, 3.63) is 106 Å². The second kappa shape index (κ2) is 9.21. The summed E-state index contributed by atoms with van der Waals surface area (Å²) >= 11 is 0. The first-order valence-corrected chi connectivity index (χ1v) is 10.5. The zero-order valence-corrected chi connectivity index (χ0v) is 18.6. The van der Waals surface area contributed by atoms with Gasteiger partial charge in [0.05, 0.1) is 29.9 Å². The maximum atomic E-state index is 13.4. The van der Waals surface area contributed by atoms with Gasteiger partial charge in [-0.15, -0.1) is 0 Å². The van der Waals surface area contributed by atoms with E-state index in [1.54, 1.807) is 0 Å². The number of nitrogens with zero attached hydrogens (tertiary/aromatic N) is 1. The lowest BCUT2D eigenvalue weighted by Crippen LogP contribution is -2.31. The normalized spacial score (nSPS) is 15.8. The monoisotopic (exact) mass is 497 g/mol. The number of benzene rings is 3. The van der Waals surface area contributed by atoms with Crippen LogP contribution in [-0.4, -0.2) is 35.0 Å². The Morgan fingerprint density at radius 2 is 1.44 bits per heavy atom. The zero-order chi connectivity index (χ0) is 26.2. The number of hydrogen-bond donors (Lipinski definition) is 2. The molecule has 0 aromatic heterocycles. The highest BCUT2D eigenvalue weighted by Gasteiger charge is 2.45. The Morgan fingerprint density at radius 3 is 1.94 bits per heavy atom. The minimum Gasteiger partial charge on any atom is -0.503 e. The van der Waals surface area contributed by atoms with Gasteiger partial charge in [0.1, 0.15) is 5.75 Å². The number of ketones is 1. The van der Waals surface area contributed by atoms with E-state index >= 15 is 0 Å². The molecule has 2 N–H and O–H groups in total. The number of amides is 1. The Morgan fingerprint density at radius 1 is 0.889 bits per heavy atom. The topological polar surface area (TPSA) is 104 Å². The van der Waals surface area contributed by atoms with Crippen LogP contribution in [0.3, 0.4) is 0 Å². The first kappa shape index (κ1) is 24.5. The molecule has 3 aromatic carbocycles. The first-order chi connectivity index (χ1) is 17.0. The number of aliphatic hydroxyl groups excluding tert-OH is 1. The number of carbonyl (C=O) groups is 3. The lowest BCUT2D eigenvalue weighted by atomic mass is 9.92. The average Bonchev–Trinajstić information content (AvgIpc) is 3.13. The summed E-state index contributed by atoms with van der Waals surface area (Å²) in [6.07, 6.45) is -4.60. The van der Waals surface area contributed by atoms with Gasteiger partial charge in [0.2, 0.25) is 0 Å². The van der Waals surface area contributed by atoms with Gasteiger partial charge < -0.3 is 14.9 Å². The molecule has 0 saturated carbocycles. The Balaban J connectivity index is 1.83. The third-order valence-corrected chi connectivity index (χ3v) is 5.75. The van der Waals surface area contributed by atoms with Gasteiger partial charge in [0, 0.05) is 11.3 Å². The highest BCUT2D eigenvalue weighted by atomic mass is 19.4. The van der Waals surface area contributed by atoms with Crippen molar-refractivity contribution in [2.24, 2.45) is 0 Å². The summed E-state index contributed by atoms with van der Waals surface area (Å²) in [5.74, 6) is -3.26. The smallest absolute Gasteiger partial charge is 0.416 e. The van der Waals surface area contributed by atoms with Crippen LogP contribution in [0.1, 0.15) is 37.9 Å². The Labute approximate surface area is 202 Å². The van der Waals surface area contributed by atoms with E-state index in [1.807, 2.05) is 0 Å². The maximum Gasteiger partial charge on any atom is 0.416 e. The zero-order valence-electron chi connectivity index (χ0n) is 18.6. The van der Waals surface area contributed by atoms with Crippen molar-refractivity contribution in [2.45, 2.75) is 12.2 Å². The molecule has 1 heterocycles. The molecule has 7 nitrogen and oxygen atoms in total. The molecule has 10 heteroatoms. The molecule has 0 fully saturated rings. The van der Waals surface area contributed by atoms with Crippen LogP contribution in [0.5, 0.6) is 5.75 Å². The minimum atomic E-state index is -4.60. The number of methoxy groups -OCH3 is 1. The third-order valence-electron chi connectivity index (χ3n) is 5.75. The summed E-state index contributed by atoms with van der Waals surface area (Å²) in [5.41, 5.74) is -0.884. The van der Waals surface area contributed by atoms with Gasteiger partial charge in [0.15, 0.2) is 11.5 Å². The predicted octanol–water partition coefficient (Wildman–Crippen LogP) is 5.20. The molecule has 36 heavy (non-hydrogen) atoms. The van der Waals surface area contributed by atoms with Crippen molar-refractivity contribution < 1.29 is 42.5 Å². The van der Waals surface area contributed by atoms with Crippen LogP contribution < -0.4 is 9.64 Å². The van der Waals surface area contributed by atoms with Gasteiger partial charge in [-0.3, -0.25) is 14.5 Å². The average molecular weight is 497 g/mol. The second-order valence-corrected chi connectivity index (χ2v) is 7.87. The lowest BCUT2D eigenvalue weighted by Gasteiger charge is -2.27. The van der Waals surface area contributed by atoms with Gasteiger partial charge in [-0.25, -0.2) is 4.79 Å². The number of carboxylic acid groups (broad SMARTS) is 1. The molecule has 0 saturated heterocycles. The number of rotatable bonds is 6. The third kappa shape index (κ3) is 4.40. The summed E-state index contributed by atoms with van der Waals surface area (Å²) < 4.78 is 44.3. The summed E-state index contributed by atoms with van der Waals surface area (Å²) in [4.78, 5) is 38.8. The second-order valence-electron chi connectivity index (χ2n) is 7.87. The maximum absolute atomic E-state index is 13.4. The highest BCUT2D eigenvalue weighted by molar-refractivity contribution is 6.21. The van der Waals surface area contributed by atoms with E-state index in [4.69, 9.17) is 4.74 Å². The van der Waals surface area contributed by atoms with Crippen molar-refractivity contribution in [1.29, 1.82) is 0 Å². The van der Waals surface area contributed by atoms with Crippen LogP contribution in [0.25, 0.3) is 0 Å². The molecule has 3 aromatic rings.